The van der Waals surface area contributed by atoms with Gasteiger partial charge in [0.25, 0.3) is 0 Å². The molecule has 1 aromatic heterocycles. The second kappa shape index (κ2) is 4.08. The number of aromatic nitrogens is 2. The number of nitrogens with zero attached hydrogens (tertiary/aromatic N) is 2. The fraction of sp³-hybridized carbons (Fsp3) is 0.111. The van der Waals surface area contributed by atoms with Crippen molar-refractivity contribution in [1.82, 2.24) is 10.2 Å². The molecule has 0 unspecified atom stereocenters. The third-order valence-electron chi connectivity index (χ3n) is 1.71. The summed E-state index contributed by atoms with van der Waals surface area (Å²) in [6.07, 6.45) is 0. The van der Waals surface area contributed by atoms with E-state index in [9.17, 15) is 0 Å². The highest BCUT2D eigenvalue weighted by Crippen LogP contribution is 2.26. The summed E-state index contributed by atoms with van der Waals surface area (Å²) < 4.78 is 0. The summed E-state index contributed by atoms with van der Waals surface area (Å²) in [5.41, 5.74) is 6.64. The molecule has 1 heterocycles. The van der Waals surface area contributed by atoms with Crippen molar-refractivity contribution in [2.75, 3.05) is 0 Å². The number of hydrogen-bond acceptors (Lipinski definition) is 5. The van der Waals surface area contributed by atoms with E-state index in [0.717, 1.165) is 15.6 Å². The normalized spacial score (nSPS) is 12.7. The lowest BCUT2D eigenvalue weighted by atomic mass is 10.2. The Kier molecular flexibility index (Phi) is 2.81. The van der Waals surface area contributed by atoms with Crippen LogP contribution in [-0.2, 0) is 0 Å². The van der Waals surface area contributed by atoms with Crippen molar-refractivity contribution in [3.8, 4) is 10.6 Å². The molecule has 14 heavy (non-hydrogen) atoms. The summed E-state index contributed by atoms with van der Waals surface area (Å²) in [6, 6.07) is 9.90. The van der Waals surface area contributed by atoms with Gasteiger partial charge in [-0.3, -0.25) is 0 Å². The SMILES string of the molecule is N[C@H](S)c1nnc(-c2ccccc2)s1. The van der Waals surface area contributed by atoms with Crippen molar-refractivity contribution >= 4 is 24.0 Å². The molecular formula is C9H9N3S2. The predicted octanol–water partition coefficient (Wildman–Crippen LogP) is 2.09. The van der Waals surface area contributed by atoms with E-state index < -0.39 is 0 Å². The van der Waals surface area contributed by atoms with Crippen LogP contribution in [0, 0.1) is 0 Å². The Hall–Kier alpha value is -0.910. The third kappa shape index (κ3) is 1.95. The van der Waals surface area contributed by atoms with Crippen LogP contribution in [0.2, 0.25) is 0 Å². The van der Waals surface area contributed by atoms with E-state index in [1.54, 1.807) is 0 Å². The van der Waals surface area contributed by atoms with Crippen molar-refractivity contribution in [2.24, 2.45) is 5.73 Å². The van der Waals surface area contributed by atoms with Gasteiger partial charge in [-0.1, -0.05) is 41.7 Å². The summed E-state index contributed by atoms with van der Waals surface area (Å²) in [5, 5.41) is 9.29. The minimum absolute atomic E-state index is 0.343. The molecule has 0 saturated carbocycles. The van der Waals surface area contributed by atoms with Gasteiger partial charge >= 0.3 is 0 Å². The van der Waals surface area contributed by atoms with Crippen LogP contribution >= 0.6 is 24.0 Å². The monoisotopic (exact) mass is 223 g/mol. The van der Waals surface area contributed by atoms with Crippen LogP contribution in [0.4, 0.5) is 0 Å². The van der Waals surface area contributed by atoms with Gasteiger partial charge in [0.1, 0.15) is 15.4 Å². The average molecular weight is 223 g/mol. The van der Waals surface area contributed by atoms with Crippen molar-refractivity contribution in [3.63, 3.8) is 0 Å². The minimum Gasteiger partial charge on any atom is -0.314 e. The minimum atomic E-state index is -0.343. The van der Waals surface area contributed by atoms with Gasteiger partial charge in [0.15, 0.2) is 0 Å². The van der Waals surface area contributed by atoms with Crippen LogP contribution < -0.4 is 5.73 Å². The van der Waals surface area contributed by atoms with Crippen molar-refractivity contribution in [3.05, 3.63) is 35.3 Å². The maximum absolute atomic E-state index is 5.58. The summed E-state index contributed by atoms with van der Waals surface area (Å²) in [5.74, 6) is 0. The van der Waals surface area contributed by atoms with E-state index >= 15 is 0 Å². The Morgan fingerprint density at radius 3 is 2.50 bits per heavy atom. The molecule has 2 N–H and O–H groups in total. The Labute approximate surface area is 91.4 Å². The van der Waals surface area contributed by atoms with Crippen LogP contribution in [-0.4, -0.2) is 10.2 Å². The average Bonchev–Trinajstić information content (AvgIpc) is 2.68. The second-order valence-electron chi connectivity index (χ2n) is 2.76. The highest BCUT2D eigenvalue weighted by Gasteiger charge is 2.09. The van der Waals surface area contributed by atoms with Crippen molar-refractivity contribution in [2.45, 2.75) is 5.37 Å². The lowest BCUT2D eigenvalue weighted by molar-refractivity contribution is 0.946. The van der Waals surface area contributed by atoms with Gasteiger partial charge in [-0.25, -0.2) is 0 Å². The Morgan fingerprint density at radius 1 is 1.21 bits per heavy atom. The molecule has 2 rings (SSSR count). The zero-order chi connectivity index (χ0) is 9.97. The number of hydrogen-bond donors (Lipinski definition) is 2. The van der Waals surface area contributed by atoms with Gasteiger partial charge in [0.2, 0.25) is 0 Å². The molecule has 0 saturated heterocycles. The number of rotatable bonds is 2. The van der Waals surface area contributed by atoms with Gasteiger partial charge < -0.3 is 5.73 Å². The Bertz CT molecular complexity index is 411. The molecule has 1 atom stereocenters. The summed E-state index contributed by atoms with van der Waals surface area (Å²) in [4.78, 5) is 0. The first kappa shape index (κ1) is 9.64. The summed E-state index contributed by atoms with van der Waals surface area (Å²) in [6.45, 7) is 0. The maximum Gasteiger partial charge on any atom is 0.147 e. The lowest BCUT2D eigenvalue weighted by Gasteiger charge is -1.94. The molecule has 1 aromatic carbocycles. The van der Waals surface area contributed by atoms with E-state index in [0.29, 0.717) is 0 Å². The molecule has 72 valence electrons. The third-order valence-corrected chi connectivity index (χ3v) is 3.19. The number of benzene rings is 1. The van der Waals surface area contributed by atoms with Crippen LogP contribution in [0.5, 0.6) is 0 Å². The van der Waals surface area contributed by atoms with E-state index in [1.165, 1.54) is 11.3 Å². The van der Waals surface area contributed by atoms with E-state index in [2.05, 4.69) is 22.8 Å². The molecule has 3 nitrogen and oxygen atoms in total. The maximum atomic E-state index is 5.58. The molecule has 0 amide bonds. The van der Waals surface area contributed by atoms with Gasteiger partial charge in [-0.2, -0.15) is 12.6 Å². The zero-order valence-electron chi connectivity index (χ0n) is 7.29. The largest absolute Gasteiger partial charge is 0.314 e. The van der Waals surface area contributed by atoms with Gasteiger partial charge in [0, 0.05) is 5.56 Å². The molecule has 0 aliphatic carbocycles. The van der Waals surface area contributed by atoms with Gasteiger partial charge in [-0.15, -0.1) is 10.2 Å². The smallest absolute Gasteiger partial charge is 0.147 e. The lowest BCUT2D eigenvalue weighted by Crippen LogP contribution is -2.00. The predicted molar refractivity (Wildman–Crippen MR) is 61.3 cm³/mol. The first-order valence-corrected chi connectivity index (χ1v) is 5.43. The van der Waals surface area contributed by atoms with Crippen LogP contribution in [0.15, 0.2) is 30.3 Å². The molecule has 2 aromatic rings. The first-order chi connectivity index (χ1) is 6.77. The fourth-order valence-electron chi connectivity index (χ4n) is 1.05. The van der Waals surface area contributed by atoms with Crippen LogP contribution in [0.25, 0.3) is 10.6 Å². The quantitative estimate of drug-likeness (QED) is 0.605. The molecule has 0 aliphatic heterocycles. The molecular weight excluding hydrogens is 214 g/mol. The highest BCUT2D eigenvalue weighted by atomic mass is 32.1. The van der Waals surface area contributed by atoms with E-state index in [1.807, 2.05) is 30.3 Å². The molecule has 0 aliphatic rings. The molecule has 5 heteroatoms. The van der Waals surface area contributed by atoms with Crippen molar-refractivity contribution < 1.29 is 0 Å². The van der Waals surface area contributed by atoms with Crippen molar-refractivity contribution in [1.29, 1.82) is 0 Å². The molecule has 0 bridgehead atoms. The Balaban J connectivity index is 2.34. The number of nitrogens with two attached hydrogens (primary N) is 1. The molecule has 0 fully saturated rings. The number of thiol groups is 1. The fourth-order valence-corrected chi connectivity index (χ4v) is 2.00. The highest BCUT2D eigenvalue weighted by molar-refractivity contribution is 7.80. The zero-order valence-corrected chi connectivity index (χ0v) is 9.00. The Morgan fingerprint density at radius 2 is 1.93 bits per heavy atom. The van der Waals surface area contributed by atoms with E-state index in [4.69, 9.17) is 5.73 Å². The van der Waals surface area contributed by atoms with Crippen LogP contribution in [0.1, 0.15) is 10.4 Å². The molecule has 0 radical (unpaired) electrons. The van der Waals surface area contributed by atoms with Gasteiger partial charge in [0.05, 0.1) is 0 Å². The summed E-state index contributed by atoms with van der Waals surface area (Å²) >= 11 is 5.57. The standard InChI is InChI=1S/C9H9N3S2/c10-7(13)9-12-11-8(14-9)6-4-2-1-3-5-6/h1-5,7,13H,10H2/t7-/m1/s1. The van der Waals surface area contributed by atoms with E-state index in [-0.39, 0.29) is 5.37 Å². The molecule has 0 spiro atoms. The first-order valence-electron chi connectivity index (χ1n) is 4.10. The van der Waals surface area contributed by atoms with Gasteiger partial charge in [-0.05, 0) is 0 Å². The van der Waals surface area contributed by atoms with Crippen LogP contribution in [0.3, 0.4) is 0 Å². The topological polar surface area (TPSA) is 51.8 Å². The second-order valence-corrected chi connectivity index (χ2v) is 4.32. The summed E-state index contributed by atoms with van der Waals surface area (Å²) in [7, 11) is 0.